The summed E-state index contributed by atoms with van der Waals surface area (Å²) in [4.78, 5) is 12.6. The molecule has 0 spiro atoms. The van der Waals surface area contributed by atoms with Crippen molar-refractivity contribution in [3.63, 3.8) is 0 Å². The molecule has 0 unspecified atom stereocenters. The minimum Gasteiger partial charge on any atom is -0.496 e. The normalized spacial score (nSPS) is 11.2. The SMILES string of the molecule is COc1ccc2ccccc2c1C=NNC(=O)c1ccc(COc2cc(C)ccc2C(C)C)cc1. The van der Waals surface area contributed by atoms with E-state index < -0.39 is 0 Å². The topological polar surface area (TPSA) is 59.9 Å². The van der Waals surface area contributed by atoms with E-state index in [0.29, 0.717) is 23.8 Å². The second-order valence-corrected chi connectivity index (χ2v) is 8.78. The molecule has 0 aliphatic heterocycles. The fraction of sp³-hybridized carbons (Fsp3) is 0.200. The predicted octanol–water partition coefficient (Wildman–Crippen LogP) is 6.62. The first-order chi connectivity index (χ1) is 17.0. The van der Waals surface area contributed by atoms with E-state index in [2.05, 4.69) is 49.5 Å². The van der Waals surface area contributed by atoms with Gasteiger partial charge in [-0.2, -0.15) is 5.10 Å². The maximum atomic E-state index is 12.6. The zero-order valence-electron chi connectivity index (χ0n) is 20.5. The quantitative estimate of drug-likeness (QED) is 0.234. The number of fused-ring (bicyclic) bond motifs is 1. The summed E-state index contributed by atoms with van der Waals surface area (Å²) in [5, 5.41) is 6.26. The monoisotopic (exact) mass is 466 g/mol. The summed E-state index contributed by atoms with van der Waals surface area (Å²) >= 11 is 0. The van der Waals surface area contributed by atoms with E-state index in [1.165, 1.54) is 5.56 Å². The second kappa shape index (κ2) is 10.9. The third kappa shape index (κ3) is 5.69. The molecule has 0 saturated heterocycles. The molecule has 0 heterocycles. The van der Waals surface area contributed by atoms with Crippen molar-refractivity contribution in [1.29, 1.82) is 0 Å². The van der Waals surface area contributed by atoms with Crippen LogP contribution in [-0.4, -0.2) is 19.2 Å². The van der Waals surface area contributed by atoms with Gasteiger partial charge in [0, 0.05) is 11.1 Å². The Bertz CT molecular complexity index is 1360. The molecule has 4 aromatic rings. The summed E-state index contributed by atoms with van der Waals surface area (Å²) in [6.45, 7) is 6.81. The van der Waals surface area contributed by atoms with Crippen molar-refractivity contribution in [2.75, 3.05) is 7.11 Å². The van der Waals surface area contributed by atoms with Crippen LogP contribution in [0.2, 0.25) is 0 Å². The Balaban J connectivity index is 1.41. The van der Waals surface area contributed by atoms with Gasteiger partial charge in [-0.05, 0) is 64.6 Å². The van der Waals surface area contributed by atoms with Gasteiger partial charge in [-0.1, -0.05) is 68.4 Å². The number of hydrogen-bond acceptors (Lipinski definition) is 4. The Morgan fingerprint density at radius 2 is 1.74 bits per heavy atom. The molecule has 0 aliphatic rings. The molecule has 0 aromatic heterocycles. The van der Waals surface area contributed by atoms with Gasteiger partial charge in [0.05, 0.1) is 13.3 Å². The molecule has 4 aromatic carbocycles. The number of hydrogen-bond donors (Lipinski definition) is 1. The van der Waals surface area contributed by atoms with Gasteiger partial charge in [0.25, 0.3) is 5.91 Å². The van der Waals surface area contributed by atoms with Crippen LogP contribution in [-0.2, 0) is 6.61 Å². The maximum absolute atomic E-state index is 12.6. The second-order valence-electron chi connectivity index (χ2n) is 8.78. The van der Waals surface area contributed by atoms with Gasteiger partial charge in [0.1, 0.15) is 18.1 Å². The van der Waals surface area contributed by atoms with E-state index in [0.717, 1.165) is 33.2 Å². The Morgan fingerprint density at radius 1 is 0.971 bits per heavy atom. The van der Waals surface area contributed by atoms with Crippen LogP contribution < -0.4 is 14.9 Å². The molecule has 0 aliphatic carbocycles. The fourth-order valence-electron chi connectivity index (χ4n) is 3.96. The number of nitrogens with one attached hydrogen (secondary N) is 1. The van der Waals surface area contributed by atoms with Gasteiger partial charge in [-0.25, -0.2) is 5.43 Å². The summed E-state index contributed by atoms with van der Waals surface area (Å²) in [5.74, 6) is 1.69. The van der Waals surface area contributed by atoms with E-state index in [-0.39, 0.29) is 5.91 Å². The summed E-state index contributed by atoms with van der Waals surface area (Å²) in [7, 11) is 1.62. The zero-order chi connectivity index (χ0) is 24.8. The molecule has 5 heteroatoms. The van der Waals surface area contributed by atoms with E-state index >= 15 is 0 Å². The molecule has 1 N–H and O–H groups in total. The van der Waals surface area contributed by atoms with Crippen LogP contribution in [0.3, 0.4) is 0 Å². The van der Waals surface area contributed by atoms with Gasteiger partial charge in [0.15, 0.2) is 0 Å². The lowest BCUT2D eigenvalue weighted by Crippen LogP contribution is -2.17. The van der Waals surface area contributed by atoms with Gasteiger partial charge in [-0.15, -0.1) is 0 Å². The Labute approximate surface area is 206 Å². The third-order valence-corrected chi connectivity index (χ3v) is 5.91. The number of hydrazone groups is 1. The number of benzene rings is 4. The summed E-state index contributed by atoms with van der Waals surface area (Å²) in [6.07, 6.45) is 1.62. The molecule has 0 atom stereocenters. The Morgan fingerprint density at radius 3 is 2.49 bits per heavy atom. The molecule has 178 valence electrons. The summed E-state index contributed by atoms with van der Waals surface area (Å²) in [5.41, 5.74) is 7.29. The lowest BCUT2D eigenvalue weighted by molar-refractivity contribution is 0.0955. The van der Waals surface area contributed by atoms with Crippen LogP contribution >= 0.6 is 0 Å². The maximum Gasteiger partial charge on any atom is 0.271 e. The van der Waals surface area contributed by atoms with Crippen molar-refractivity contribution in [2.24, 2.45) is 5.10 Å². The molecule has 0 bridgehead atoms. The fourth-order valence-corrected chi connectivity index (χ4v) is 3.96. The molecule has 1 amide bonds. The number of carbonyl (C=O) groups is 1. The van der Waals surface area contributed by atoms with E-state index in [4.69, 9.17) is 9.47 Å². The average molecular weight is 467 g/mol. The predicted molar refractivity (Wildman–Crippen MR) is 142 cm³/mol. The average Bonchev–Trinajstić information content (AvgIpc) is 2.87. The smallest absolute Gasteiger partial charge is 0.271 e. The van der Waals surface area contributed by atoms with Gasteiger partial charge in [0.2, 0.25) is 0 Å². The van der Waals surface area contributed by atoms with Crippen molar-refractivity contribution >= 4 is 22.9 Å². The first kappa shape index (κ1) is 24.0. The highest BCUT2D eigenvalue weighted by Gasteiger charge is 2.10. The van der Waals surface area contributed by atoms with Gasteiger partial charge < -0.3 is 9.47 Å². The number of rotatable bonds is 8. The molecule has 0 radical (unpaired) electrons. The molecular weight excluding hydrogens is 436 g/mol. The van der Waals surface area contributed by atoms with Crippen LogP contribution in [0.4, 0.5) is 0 Å². The summed E-state index contributed by atoms with van der Waals surface area (Å²) < 4.78 is 11.6. The number of methoxy groups -OCH3 is 1. The number of carbonyl (C=O) groups excluding carboxylic acids is 1. The van der Waals surface area contributed by atoms with Crippen molar-refractivity contribution in [2.45, 2.75) is 33.3 Å². The van der Waals surface area contributed by atoms with Crippen molar-refractivity contribution < 1.29 is 14.3 Å². The third-order valence-electron chi connectivity index (χ3n) is 5.91. The molecular formula is C30H30N2O3. The Kier molecular flexibility index (Phi) is 7.46. The van der Waals surface area contributed by atoms with Crippen molar-refractivity contribution in [3.8, 4) is 11.5 Å². The lowest BCUT2D eigenvalue weighted by atomic mass is 10.0. The lowest BCUT2D eigenvalue weighted by Gasteiger charge is -2.15. The van der Waals surface area contributed by atoms with E-state index in [1.54, 1.807) is 25.5 Å². The van der Waals surface area contributed by atoms with Crippen LogP contribution in [0.15, 0.2) is 84.0 Å². The largest absolute Gasteiger partial charge is 0.496 e. The number of aryl methyl sites for hydroxylation is 1. The van der Waals surface area contributed by atoms with Gasteiger partial charge in [-0.3, -0.25) is 4.79 Å². The molecule has 4 rings (SSSR count). The standard InChI is InChI=1S/C30H30N2O3/c1-20(2)25-15-9-21(3)17-29(25)35-19-22-10-12-24(13-11-22)30(33)32-31-18-27-26-8-6-5-7-23(26)14-16-28(27)34-4/h5-18,20H,19H2,1-4H3,(H,32,33). The molecule has 0 saturated carbocycles. The van der Waals surface area contributed by atoms with Gasteiger partial charge >= 0.3 is 0 Å². The highest BCUT2D eigenvalue weighted by atomic mass is 16.5. The first-order valence-corrected chi connectivity index (χ1v) is 11.7. The van der Waals surface area contributed by atoms with Crippen molar-refractivity contribution in [1.82, 2.24) is 5.43 Å². The summed E-state index contributed by atoms with van der Waals surface area (Å²) in [6, 6.07) is 25.5. The van der Waals surface area contributed by atoms with Crippen LogP contribution in [0.25, 0.3) is 10.8 Å². The van der Waals surface area contributed by atoms with Crippen molar-refractivity contribution in [3.05, 3.63) is 107 Å². The minimum absolute atomic E-state index is 0.284. The number of ether oxygens (including phenoxy) is 2. The molecule has 0 fully saturated rings. The van der Waals surface area contributed by atoms with Crippen LogP contribution in [0, 0.1) is 6.92 Å². The molecule has 35 heavy (non-hydrogen) atoms. The van der Waals surface area contributed by atoms with E-state index in [1.807, 2.05) is 48.5 Å². The molecule has 5 nitrogen and oxygen atoms in total. The number of nitrogens with zero attached hydrogens (tertiary/aromatic N) is 1. The van der Waals surface area contributed by atoms with Crippen LogP contribution in [0.1, 0.15) is 52.4 Å². The highest BCUT2D eigenvalue weighted by molar-refractivity contribution is 6.03. The number of amides is 1. The Hall–Kier alpha value is -4.12. The highest BCUT2D eigenvalue weighted by Crippen LogP contribution is 2.28. The van der Waals surface area contributed by atoms with E-state index in [9.17, 15) is 4.79 Å². The van der Waals surface area contributed by atoms with Crippen LogP contribution in [0.5, 0.6) is 11.5 Å². The zero-order valence-corrected chi connectivity index (χ0v) is 20.5. The minimum atomic E-state index is -0.284. The first-order valence-electron chi connectivity index (χ1n) is 11.7.